The second-order valence-corrected chi connectivity index (χ2v) is 9.43. The minimum atomic E-state index is -0.957. The summed E-state index contributed by atoms with van der Waals surface area (Å²) >= 11 is 1.26. The molecule has 1 N–H and O–H groups in total. The number of aryl methyl sites for hydroxylation is 1. The number of rotatable bonds is 6. The standard InChI is InChI=1S/C28H24N2O6S/c1-15-13-16(9-12-20(15)35-3)25(31)23-24(18-7-5-6-8-21(18)36-4)30(27(33)26(23)32)28-29-19-11-10-17(34-2)14-22(19)37-28/h5-14,24,31H,1-4H3/t24-/m1/s1. The van der Waals surface area contributed by atoms with E-state index in [1.807, 2.05) is 13.0 Å². The van der Waals surface area contributed by atoms with Crippen LogP contribution in [0.2, 0.25) is 0 Å². The largest absolute Gasteiger partial charge is 0.507 e. The molecule has 1 aliphatic rings. The molecule has 1 fully saturated rings. The number of methoxy groups -OCH3 is 3. The van der Waals surface area contributed by atoms with Crippen molar-refractivity contribution in [1.29, 1.82) is 0 Å². The predicted octanol–water partition coefficient (Wildman–Crippen LogP) is 5.26. The zero-order chi connectivity index (χ0) is 26.3. The van der Waals surface area contributed by atoms with E-state index >= 15 is 0 Å². The van der Waals surface area contributed by atoms with E-state index < -0.39 is 17.7 Å². The summed E-state index contributed by atoms with van der Waals surface area (Å²) in [6.07, 6.45) is 0. The number of carbonyl (C=O) groups excluding carboxylic acids is 2. The van der Waals surface area contributed by atoms with Crippen LogP contribution in [-0.2, 0) is 9.59 Å². The van der Waals surface area contributed by atoms with Crippen LogP contribution in [0.25, 0.3) is 16.0 Å². The molecule has 5 rings (SSSR count). The molecule has 0 aliphatic carbocycles. The maximum absolute atomic E-state index is 13.5. The van der Waals surface area contributed by atoms with Crippen molar-refractivity contribution in [3.63, 3.8) is 0 Å². The lowest BCUT2D eigenvalue weighted by Crippen LogP contribution is -2.29. The summed E-state index contributed by atoms with van der Waals surface area (Å²) in [5.41, 5.74) is 2.33. The molecule has 4 aromatic rings. The third-order valence-corrected chi connectivity index (χ3v) is 7.35. The number of ketones is 1. The Balaban J connectivity index is 1.74. The number of aromatic nitrogens is 1. The lowest BCUT2D eigenvalue weighted by molar-refractivity contribution is -0.132. The van der Waals surface area contributed by atoms with Crippen LogP contribution in [0.15, 0.2) is 66.2 Å². The number of fused-ring (bicyclic) bond motifs is 1. The Bertz CT molecular complexity index is 1570. The van der Waals surface area contributed by atoms with Crippen LogP contribution in [0, 0.1) is 6.92 Å². The van der Waals surface area contributed by atoms with Crippen LogP contribution in [0.4, 0.5) is 5.13 Å². The Morgan fingerprint density at radius 2 is 1.70 bits per heavy atom. The number of para-hydroxylation sites is 1. The summed E-state index contributed by atoms with van der Waals surface area (Å²) in [6.45, 7) is 1.83. The molecule has 0 saturated carbocycles. The number of carbonyl (C=O) groups is 2. The number of hydrogen-bond acceptors (Lipinski definition) is 8. The quantitative estimate of drug-likeness (QED) is 0.212. The van der Waals surface area contributed by atoms with E-state index in [1.54, 1.807) is 68.8 Å². The summed E-state index contributed by atoms with van der Waals surface area (Å²) in [5.74, 6) is -0.110. The zero-order valence-electron chi connectivity index (χ0n) is 20.6. The highest BCUT2D eigenvalue weighted by atomic mass is 32.1. The summed E-state index contributed by atoms with van der Waals surface area (Å²) in [5, 5.41) is 11.8. The maximum Gasteiger partial charge on any atom is 0.301 e. The Labute approximate surface area is 217 Å². The molecule has 8 nitrogen and oxygen atoms in total. The van der Waals surface area contributed by atoms with E-state index in [-0.39, 0.29) is 11.3 Å². The summed E-state index contributed by atoms with van der Waals surface area (Å²) < 4.78 is 17.0. The number of ether oxygens (including phenoxy) is 3. The van der Waals surface area contributed by atoms with Crippen molar-refractivity contribution in [2.45, 2.75) is 13.0 Å². The van der Waals surface area contributed by atoms with Gasteiger partial charge in [0.05, 0.1) is 37.1 Å². The number of hydrogen-bond donors (Lipinski definition) is 1. The Hall–Kier alpha value is -4.37. The predicted molar refractivity (Wildman–Crippen MR) is 142 cm³/mol. The first kappa shape index (κ1) is 24.3. The molecule has 0 spiro atoms. The monoisotopic (exact) mass is 516 g/mol. The van der Waals surface area contributed by atoms with Crippen molar-refractivity contribution in [3.8, 4) is 17.2 Å². The van der Waals surface area contributed by atoms with E-state index in [0.717, 1.165) is 10.3 Å². The molecular formula is C28H24N2O6S. The van der Waals surface area contributed by atoms with E-state index in [0.29, 0.717) is 39.0 Å². The average Bonchev–Trinajstić information content (AvgIpc) is 3.45. The number of aliphatic hydroxyl groups excluding tert-OH is 1. The van der Waals surface area contributed by atoms with Gasteiger partial charge in [-0.05, 0) is 55.0 Å². The van der Waals surface area contributed by atoms with Gasteiger partial charge in [0.25, 0.3) is 5.78 Å². The van der Waals surface area contributed by atoms with E-state index in [2.05, 4.69) is 4.98 Å². The molecule has 1 saturated heterocycles. The van der Waals surface area contributed by atoms with Gasteiger partial charge in [0, 0.05) is 11.1 Å². The second-order valence-electron chi connectivity index (χ2n) is 8.43. The molecule has 1 atom stereocenters. The highest BCUT2D eigenvalue weighted by molar-refractivity contribution is 7.22. The molecule has 1 aliphatic heterocycles. The number of benzene rings is 3. The summed E-state index contributed by atoms with van der Waals surface area (Å²) in [4.78, 5) is 33.0. The molecular weight excluding hydrogens is 492 g/mol. The third-order valence-electron chi connectivity index (χ3n) is 6.34. The Morgan fingerprint density at radius 1 is 0.946 bits per heavy atom. The van der Waals surface area contributed by atoms with Crippen LogP contribution in [0.5, 0.6) is 17.2 Å². The normalized spacial score (nSPS) is 16.9. The lowest BCUT2D eigenvalue weighted by Gasteiger charge is -2.24. The van der Waals surface area contributed by atoms with E-state index in [9.17, 15) is 14.7 Å². The van der Waals surface area contributed by atoms with Crippen molar-refractivity contribution >= 4 is 44.1 Å². The topological polar surface area (TPSA) is 98.2 Å². The minimum absolute atomic E-state index is 0.0455. The lowest BCUT2D eigenvalue weighted by atomic mass is 9.94. The second kappa shape index (κ2) is 9.59. The van der Waals surface area contributed by atoms with Crippen molar-refractivity contribution < 1.29 is 28.9 Å². The molecule has 1 aromatic heterocycles. The molecule has 9 heteroatoms. The number of amides is 1. The highest BCUT2D eigenvalue weighted by Crippen LogP contribution is 2.46. The van der Waals surface area contributed by atoms with E-state index in [1.165, 1.54) is 23.3 Å². The van der Waals surface area contributed by atoms with Gasteiger partial charge in [0.2, 0.25) is 0 Å². The van der Waals surface area contributed by atoms with Gasteiger partial charge in [-0.3, -0.25) is 14.5 Å². The minimum Gasteiger partial charge on any atom is -0.507 e. The number of nitrogens with zero attached hydrogens (tertiary/aromatic N) is 2. The fraction of sp³-hybridized carbons (Fsp3) is 0.179. The van der Waals surface area contributed by atoms with Gasteiger partial charge in [-0.2, -0.15) is 0 Å². The molecule has 1 amide bonds. The Morgan fingerprint density at radius 3 is 2.41 bits per heavy atom. The van der Waals surface area contributed by atoms with Gasteiger partial charge in [-0.1, -0.05) is 29.5 Å². The molecule has 2 heterocycles. The van der Waals surface area contributed by atoms with Crippen LogP contribution >= 0.6 is 11.3 Å². The highest BCUT2D eigenvalue weighted by Gasteiger charge is 2.49. The van der Waals surface area contributed by atoms with Gasteiger partial charge < -0.3 is 19.3 Å². The molecule has 37 heavy (non-hydrogen) atoms. The van der Waals surface area contributed by atoms with Gasteiger partial charge in [0.15, 0.2) is 5.13 Å². The molecule has 188 valence electrons. The van der Waals surface area contributed by atoms with Crippen molar-refractivity contribution in [2.75, 3.05) is 26.2 Å². The molecule has 0 bridgehead atoms. The van der Waals surface area contributed by atoms with E-state index in [4.69, 9.17) is 14.2 Å². The number of anilines is 1. The van der Waals surface area contributed by atoms with Crippen molar-refractivity contribution in [2.24, 2.45) is 0 Å². The van der Waals surface area contributed by atoms with Gasteiger partial charge in [-0.15, -0.1) is 0 Å². The van der Waals surface area contributed by atoms with Gasteiger partial charge in [-0.25, -0.2) is 4.98 Å². The van der Waals surface area contributed by atoms with Gasteiger partial charge in [0.1, 0.15) is 29.0 Å². The summed E-state index contributed by atoms with van der Waals surface area (Å²) in [6, 6.07) is 16.6. The molecule has 0 unspecified atom stereocenters. The van der Waals surface area contributed by atoms with Crippen LogP contribution < -0.4 is 19.1 Å². The van der Waals surface area contributed by atoms with Crippen LogP contribution in [-0.4, -0.2) is 43.1 Å². The number of Topliss-reactive ketones (excluding diaryl/α,β-unsaturated/α-hetero) is 1. The smallest absolute Gasteiger partial charge is 0.301 e. The first-order chi connectivity index (χ1) is 17.9. The zero-order valence-corrected chi connectivity index (χ0v) is 21.5. The average molecular weight is 517 g/mol. The van der Waals surface area contributed by atoms with Crippen molar-refractivity contribution in [3.05, 3.63) is 82.9 Å². The van der Waals surface area contributed by atoms with Gasteiger partial charge >= 0.3 is 5.91 Å². The maximum atomic E-state index is 13.5. The third kappa shape index (κ3) is 4.07. The van der Waals surface area contributed by atoms with Crippen molar-refractivity contribution in [1.82, 2.24) is 4.98 Å². The molecule has 3 aromatic carbocycles. The molecule has 0 radical (unpaired) electrons. The Kier molecular flexibility index (Phi) is 6.31. The number of aliphatic hydroxyl groups is 1. The summed E-state index contributed by atoms with van der Waals surface area (Å²) in [7, 11) is 4.65. The SMILES string of the molecule is COc1ccc2nc(N3C(=O)C(=O)C(=C(O)c4ccc(OC)c(C)c4)[C@H]3c3ccccc3OC)sc2c1. The number of thiazole rings is 1. The van der Waals surface area contributed by atoms with Crippen LogP contribution in [0.1, 0.15) is 22.7 Å². The van der Waals surface area contributed by atoms with Crippen LogP contribution in [0.3, 0.4) is 0 Å². The first-order valence-electron chi connectivity index (χ1n) is 11.4. The first-order valence-corrected chi connectivity index (χ1v) is 12.2. The fourth-order valence-electron chi connectivity index (χ4n) is 4.52. The fourth-order valence-corrected chi connectivity index (χ4v) is 5.54.